The number of hydrogen-bond donors (Lipinski definition) is 2. The molecule has 0 aromatic carbocycles. The minimum atomic E-state index is 0.0881. The van der Waals surface area contributed by atoms with Crippen LogP contribution in [0.15, 0.2) is 22.9 Å². The first-order valence-corrected chi connectivity index (χ1v) is 8.42. The van der Waals surface area contributed by atoms with Gasteiger partial charge in [0.25, 0.3) is 0 Å². The summed E-state index contributed by atoms with van der Waals surface area (Å²) in [7, 11) is 0. The van der Waals surface area contributed by atoms with Crippen LogP contribution in [0.3, 0.4) is 0 Å². The van der Waals surface area contributed by atoms with Crippen LogP contribution in [0.2, 0.25) is 0 Å². The molecule has 2 aromatic rings. The zero-order valence-electron chi connectivity index (χ0n) is 13.9. The Morgan fingerprint density at radius 1 is 1.24 bits per heavy atom. The number of anilines is 1. The highest BCUT2D eigenvalue weighted by Gasteiger charge is 2.29. The van der Waals surface area contributed by atoms with Gasteiger partial charge in [0.2, 0.25) is 11.7 Å². The molecule has 0 aliphatic carbocycles. The predicted octanol–water partition coefficient (Wildman–Crippen LogP) is 0.651. The van der Waals surface area contributed by atoms with E-state index in [-0.39, 0.29) is 11.9 Å². The molecule has 2 saturated heterocycles. The second-order valence-corrected chi connectivity index (χ2v) is 6.28. The molecule has 1 atom stereocenters. The van der Waals surface area contributed by atoms with Crippen LogP contribution in [0.1, 0.15) is 18.2 Å². The number of morpholine rings is 1. The van der Waals surface area contributed by atoms with Gasteiger partial charge in [0.15, 0.2) is 5.96 Å². The van der Waals surface area contributed by atoms with Gasteiger partial charge in [0.1, 0.15) is 5.82 Å². The predicted molar refractivity (Wildman–Crippen MR) is 91.4 cm³/mol. The highest BCUT2D eigenvalue weighted by molar-refractivity contribution is 5.75. The molecule has 0 bridgehead atoms. The van der Waals surface area contributed by atoms with E-state index in [0.717, 1.165) is 50.7 Å². The minimum Gasteiger partial charge on any atom is -0.378 e. The number of pyridine rings is 1. The molecule has 9 nitrogen and oxygen atoms in total. The van der Waals surface area contributed by atoms with Crippen molar-refractivity contribution in [3.05, 3.63) is 24.2 Å². The van der Waals surface area contributed by atoms with Crippen LogP contribution in [0.4, 0.5) is 5.82 Å². The third kappa shape index (κ3) is 3.27. The Morgan fingerprint density at radius 3 is 2.76 bits per heavy atom. The van der Waals surface area contributed by atoms with E-state index in [2.05, 4.69) is 20.0 Å². The van der Waals surface area contributed by atoms with Crippen molar-refractivity contribution >= 4 is 11.8 Å². The topological polar surface area (TPSA) is 117 Å². The summed E-state index contributed by atoms with van der Waals surface area (Å²) in [6, 6.07) is 3.94. The van der Waals surface area contributed by atoms with Gasteiger partial charge in [0.05, 0.1) is 19.1 Å². The van der Waals surface area contributed by atoms with Gasteiger partial charge in [-0.3, -0.25) is 5.41 Å². The van der Waals surface area contributed by atoms with Crippen molar-refractivity contribution in [2.75, 3.05) is 44.3 Å². The number of nitrogens with zero attached hydrogens (tertiary/aromatic N) is 5. The van der Waals surface area contributed by atoms with Crippen molar-refractivity contribution in [3.8, 4) is 11.4 Å². The Labute approximate surface area is 145 Å². The molecule has 4 rings (SSSR count). The number of nitrogens with two attached hydrogens (primary N) is 1. The average Bonchev–Trinajstić information content (AvgIpc) is 3.32. The van der Waals surface area contributed by atoms with Gasteiger partial charge in [-0.1, -0.05) is 5.16 Å². The third-order valence-electron chi connectivity index (χ3n) is 4.66. The first-order chi connectivity index (χ1) is 12.2. The van der Waals surface area contributed by atoms with E-state index in [1.807, 2.05) is 17.0 Å². The largest absolute Gasteiger partial charge is 0.378 e. The second-order valence-electron chi connectivity index (χ2n) is 6.28. The van der Waals surface area contributed by atoms with Crippen LogP contribution >= 0.6 is 0 Å². The van der Waals surface area contributed by atoms with Gasteiger partial charge in [-0.2, -0.15) is 4.98 Å². The number of guanidine groups is 1. The van der Waals surface area contributed by atoms with E-state index in [4.69, 9.17) is 20.4 Å². The Hall–Kier alpha value is -2.68. The summed E-state index contributed by atoms with van der Waals surface area (Å²) in [6.45, 7) is 4.56. The van der Waals surface area contributed by atoms with Crippen molar-refractivity contribution in [1.29, 1.82) is 5.41 Å². The van der Waals surface area contributed by atoms with Crippen LogP contribution in [0, 0.1) is 5.41 Å². The van der Waals surface area contributed by atoms with Crippen LogP contribution in [-0.4, -0.2) is 65.4 Å². The molecule has 2 aromatic heterocycles. The van der Waals surface area contributed by atoms with Gasteiger partial charge in [-0.15, -0.1) is 0 Å². The van der Waals surface area contributed by atoms with Gasteiger partial charge in [-0.05, 0) is 18.6 Å². The second kappa shape index (κ2) is 6.67. The fourth-order valence-electron chi connectivity index (χ4n) is 3.20. The molecule has 4 heterocycles. The molecule has 9 heteroatoms. The van der Waals surface area contributed by atoms with E-state index in [1.165, 1.54) is 0 Å². The van der Waals surface area contributed by atoms with Crippen molar-refractivity contribution in [3.63, 3.8) is 0 Å². The Morgan fingerprint density at radius 2 is 2.08 bits per heavy atom. The zero-order valence-corrected chi connectivity index (χ0v) is 13.9. The summed E-state index contributed by atoms with van der Waals surface area (Å²) in [4.78, 5) is 13.0. The van der Waals surface area contributed by atoms with E-state index in [0.29, 0.717) is 18.3 Å². The summed E-state index contributed by atoms with van der Waals surface area (Å²) in [5, 5.41) is 11.6. The molecule has 0 radical (unpaired) electrons. The molecular weight excluding hydrogens is 322 g/mol. The molecular formula is C16H21N7O2. The van der Waals surface area contributed by atoms with Crippen LogP contribution in [0.25, 0.3) is 11.4 Å². The third-order valence-corrected chi connectivity index (χ3v) is 4.66. The van der Waals surface area contributed by atoms with E-state index >= 15 is 0 Å². The Balaban J connectivity index is 1.46. The van der Waals surface area contributed by atoms with Crippen LogP contribution in [0.5, 0.6) is 0 Å². The number of likely N-dealkylation sites (tertiary alicyclic amines) is 1. The molecule has 3 N–H and O–H groups in total. The monoisotopic (exact) mass is 343 g/mol. The quantitative estimate of drug-likeness (QED) is 0.616. The zero-order chi connectivity index (χ0) is 17.2. The molecule has 25 heavy (non-hydrogen) atoms. The maximum atomic E-state index is 7.51. The maximum absolute atomic E-state index is 7.51. The Bertz CT molecular complexity index is 739. The number of ether oxygens (including phenoxy) is 1. The van der Waals surface area contributed by atoms with E-state index in [1.54, 1.807) is 6.20 Å². The Kier molecular flexibility index (Phi) is 4.22. The lowest BCUT2D eigenvalue weighted by atomic mass is 10.1. The standard InChI is InChI=1S/C16H21N7O2/c17-16(18)23-4-3-12(10-23)15-20-14(21-25-15)11-1-2-13(19-9-11)22-5-7-24-8-6-22/h1-2,9,12H,3-8,10H2,(H3,17,18)/t12-/m1/s1. The van der Waals surface area contributed by atoms with E-state index in [9.17, 15) is 0 Å². The number of nitrogens with one attached hydrogen (secondary N) is 1. The van der Waals surface area contributed by atoms with Gasteiger partial charge in [0, 0.05) is 37.9 Å². The molecule has 0 amide bonds. The molecule has 2 aliphatic rings. The number of rotatable bonds is 3. The highest BCUT2D eigenvalue weighted by Crippen LogP contribution is 2.27. The fraction of sp³-hybridized carbons (Fsp3) is 0.500. The molecule has 2 aliphatic heterocycles. The smallest absolute Gasteiger partial charge is 0.231 e. The van der Waals surface area contributed by atoms with E-state index < -0.39 is 0 Å². The lowest BCUT2D eigenvalue weighted by Crippen LogP contribution is -2.36. The molecule has 0 spiro atoms. The van der Waals surface area contributed by atoms with Crippen molar-refractivity contribution in [1.82, 2.24) is 20.0 Å². The van der Waals surface area contributed by atoms with Gasteiger partial charge in [-0.25, -0.2) is 4.98 Å². The van der Waals surface area contributed by atoms with Crippen LogP contribution in [-0.2, 0) is 4.74 Å². The lowest BCUT2D eigenvalue weighted by molar-refractivity contribution is 0.122. The lowest BCUT2D eigenvalue weighted by Gasteiger charge is -2.27. The number of hydrogen-bond acceptors (Lipinski definition) is 7. The van der Waals surface area contributed by atoms with Crippen molar-refractivity contribution in [2.24, 2.45) is 5.73 Å². The molecule has 2 fully saturated rings. The first kappa shape index (κ1) is 15.8. The summed E-state index contributed by atoms with van der Waals surface area (Å²) >= 11 is 0. The van der Waals surface area contributed by atoms with Crippen molar-refractivity contribution in [2.45, 2.75) is 12.3 Å². The minimum absolute atomic E-state index is 0.0881. The van der Waals surface area contributed by atoms with Crippen molar-refractivity contribution < 1.29 is 9.26 Å². The molecule has 0 saturated carbocycles. The maximum Gasteiger partial charge on any atom is 0.231 e. The SMILES string of the molecule is N=C(N)N1CC[C@@H](c2nc(-c3ccc(N4CCOCC4)nc3)no2)C1. The molecule has 132 valence electrons. The first-order valence-electron chi connectivity index (χ1n) is 8.42. The summed E-state index contributed by atoms with van der Waals surface area (Å²) in [6.07, 6.45) is 2.63. The van der Waals surface area contributed by atoms with Crippen LogP contribution < -0.4 is 10.6 Å². The highest BCUT2D eigenvalue weighted by atomic mass is 16.5. The summed E-state index contributed by atoms with van der Waals surface area (Å²) < 4.78 is 10.8. The molecule has 0 unspecified atom stereocenters. The van der Waals surface area contributed by atoms with Gasteiger partial charge < -0.3 is 24.8 Å². The van der Waals surface area contributed by atoms with Gasteiger partial charge >= 0.3 is 0 Å². The fourth-order valence-corrected chi connectivity index (χ4v) is 3.20. The number of aromatic nitrogens is 3. The normalized spacial score (nSPS) is 20.9. The summed E-state index contributed by atoms with van der Waals surface area (Å²) in [5.41, 5.74) is 6.36. The average molecular weight is 343 g/mol. The summed E-state index contributed by atoms with van der Waals surface area (Å²) in [5.74, 6) is 2.27.